The van der Waals surface area contributed by atoms with Crippen LogP contribution in [0.4, 0.5) is 11.5 Å². The maximum Gasteiger partial charge on any atom is 0.250 e. The third-order valence-electron chi connectivity index (χ3n) is 4.58. The molecule has 0 spiro atoms. The van der Waals surface area contributed by atoms with Crippen LogP contribution in [0.25, 0.3) is 10.9 Å². The minimum Gasteiger partial charge on any atom is -0.489 e. The van der Waals surface area contributed by atoms with Crippen molar-refractivity contribution in [1.82, 2.24) is 9.97 Å². The lowest BCUT2D eigenvalue weighted by atomic mass is 10.1. The number of rotatable bonds is 5. The highest BCUT2D eigenvalue weighted by atomic mass is 16.5. The Hall–Kier alpha value is -3.41. The van der Waals surface area contributed by atoms with Crippen LogP contribution in [-0.4, -0.2) is 35.6 Å². The zero-order valence-electron chi connectivity index (χ0n) is 14.9. The summed E-state index contributed by atoms with van der Waals surface area (Å²) in [5.41, 5.74) is 2.75. The molecule has 1 aromatic heterocycles. The van der Waals surface area contributed by atoms with Crippen LogP contribution in [0.2, 0.25) is 0 Å². The predicted molar refractivity (Wildman–Crippen MR) is 106 cm³/mol. The summed E-state index contributed by atoms with van der Waals surface area (Å²) < 4.78 is 5.92. The summed E-state index contributed by atoms with van der Waals surface area (Å²) in [7, 11) is 0. The molecule has 27 heavy (non-hydrogen) atoms. The minimum absolute atomic E-state index is 0.144. The molecule has 1 N–H and O–H groups in total. The van der Waals surface area contributed by atoms with Gasteiger partial charge in [-0.15, -0.1) is 0 Å². The van der Waals surface area contributed by atoms with Crippen LogP contribution in [0.1, 0.15) is 5.56 Å². The first-order chi connectivity index (χ1) is 13.3. The van der Waals surface area contributed by atoms with E-state index in [0.717, 1.165) is 29.6 Å². The Morgan fingerprint density at radius 3 is 2.89 bits per heavy atom. The summed E-state index contributed by atoms with van der Waals surface area (Å²) >= 11 is 0. The first-order valence-corrected chi connectivity index (χ1v) is 8.90. The van der Waals surface area contributed by atoms with Gasteiger partial charge in [0.2, 0.25) is 0 Å². The molecule has 1 aliphatic heterocycles. The molecule has 136 valence electrons. The van der Waals surface area contributed by atoms with Crippen molar-refractivity contribution in [3.05, 3.63) is 67.0 Å². The molecule has 0 aliphatic carbocycles. The van der Waals surface area contributed by atoms with E-state index in [-0.39, 0.29) is 5.91 Å². The maximum absolute atomic E-state index is 12.2. The molecule has 0 unspecified atom stereocenters. The number of hydrogen-bond donors (Lipinski definition) is 1. The van der Waals surface area contributed by atoms with Gasteiger partial charge >= 0.3 is 0 Å². The van der Waals surface area contributed by atoms with Gasteiger partial charge in [-0.3, -0.25) is 4.79 Å². The molecule has 0 radical (unpaired) electrons. The normalized spacial score (nSPS) is 13.0. The lowest BCUT2D eigenvalue weighted by molar-refractivity contribution is -0.114. The number of carbonyl (C=O) groups excluding carboxylic acids is 1. The number of aromatic nitrogens is 2. The zero-order valence-corrected chi connectivity index (χ0v) is 14.9. The van der Waals surface area contributed by atoms with Gasteiger partial charge in [-0.2, -0.15) is 0 Å². The molecule has 2 aromatic carbocycles. The van der Waals surface area contributed by atoms with E-state index in [1.807, 2.05) is 30.3 Å². The first-order valence-electron chi connectivity index (χ1n) is 8.90. The Balaban J connectivity index is 1.67. The largest absolute Gasteiger partial charge is 0.489 e. The van der Waals surface area contributed by atoms with E-state index in [1.165, 1.54) is 18.0 Å². The third kappa shape index (κ3) is 3.33. The number of nitrogens with zero attached hydrogens (tertiary/aromatic N) is 3. The highest BCUT2D eigenvalue weighted by molar-refractivity contribution is 6.07. The smallest absolute Gasteiger partial charge is 0.250 e. The third-order valence-corrected chi connectivity index (χ3v) is 4.58. The zero-order chi connectivity index (χ0) is 18.6. The standard InChI is InChI=1S/C21H20N4O2/c1-2-18(26)25-12-13-27-20-17(25)9-8-16-19(20)21(24-14-23-16)22-11-10-15-6-4-3-5-7-15/h2-9,14H,1,10-13H2,(H,22,23,24). The Labute approximate surface area is 157 Å². The molecule has 6 nitrogen and oxygen atoms in total. The average Bonchev–Trinajstić information content (AvgIpc) is 2.73. The Bertz CT molecular complexity index is 988. The monoisotopic (exact) mass is 360 g/mol. The van der Waals surface area contributed by atoms with Crippen LogP contribution in [0.15, 0.2) is 61.4 Å². The van der Waals surface area contributed by atoms with Crippen LogP contribution in [0.5, 0.6) is 5.75 Å². The van der Waals surface area contributed by atoms with Gasteiger partial charge in [0.1, 0.15) is 18.8 Å². The average molecular weight is 360 g/mol. The highest BCUT2D eigenvalue weighted by Gasteiger charge is 2.25. The molecule has 0 atom stereocenters. The van der Waals surface area contributed by atoms with E-state index in [9.17, 15) is 4.79 Å². The van der Waals surface area contributed by atoms with Gasteiger partial charge < -0.3 is 15.0 Å². The Morgan fingerprint density at radius 1 is 1.22 bits per heavy atom. The van der Waals surface area contributed by atoms with Gasteiger partial charge in [-0.05, 0) is 30.2 Å². The molecule has 1 aliphatic rings. The second kappa shape index (κ2) is 7.45. The Kier molecular flexibility index (Phi) is 4.70. The van der Waals surface area contributed by atoms with E-state index in [0.29, 0.717) is 24.7 Å². The van der Waals surface area contributed by atoms with Gasteiger partial charge in [0.15, 0.2) is 5.75 Å². The molecule has 4 rings (SSSR count). The molecule has 6 heteroatoms. The summed E-state index contributed by atoms with van der Waals surface area (Å²) in [4.78, 5) is 22.6. The first kappa shape index (κ1) is 17.0. The molecule has 1 amide bonds. The van der Waals surface area contributed by atoms with E-state index in [1.54, 1.807) is 4.90 Å². The van der Waals surface area contributed by atoms with Crippen molar-refractivity contribution in [2.45, 2.75) is 6.42 Å². The molecule has 0 saturated carbocycles. The molecule has 3 aromatic rings. The van der Waals surface area contributed by atoms with Gasteiger partial charge in [-0.1, -0.05) is 36.9 Å². The lowest BCUT2D eigenvalue weighted by Gasteiger charge is -2.29. The summed E-state index contributed by atoms with van der Waals surface area (Å²) in [6, 6.07) is 14.0. The summed E-state index contributed by atoms with van der Waals surface area (Å²) in [5.74, 6) is 1.20. The summed E-state index contributed by atoms with van der Waals surface area (Å²) in [5, 5.41) is 4.19. The van der Waals surface area contributed by atoms with E-state index >= 15 is 0 Å². The fourth-order valence-electron chi connectivity index (χ4n) is 3.27. The molecule has 0 bridgehead atoms. The Morgan fingerprint density at radius 2 is 2.07 bits per heavy atom. The van der Waals surface area contributed by atoms with Crippen molar-refractivity contribution >= 4 is 28.3 Å². The summed E-state index contributed by atoms with van der Waals surface area (Å²) in [6.07, 6.45) is 3.73. The van der Waals surface area contributed by atoms with Gasteiger partial charge in [0, 0.05) is 6.54 Å². The minimum atomic E-state index is -0.144. The SMILES string of the molecule is C=CC(=O)N1CCOc2c1ccc1ncnc(NCCc3ccccc3)c21. The second-order valence-electron chi connectivity index (χ2n) is 6.24. The van der Waals surface area contributed by atoms with Gasteiger partial charge in [0.05, 0.1) is 23.1 Å². The fraction of sp³-hybridized carbons (Fsp3) is 0.190. The molecule has 2 heterocycles. The van der Waals surface area contributed by atoms with Crippen molar-refractivity contribution in [1.29, 1.82) is 0 Å². The van der Waals surface area contributed by atoms with Crippen molar-refractivity contribution < 1.29 is 9.53 Å². The molecular formula is C21H20N4O2. The predicted octanol–water partition coefficient (Wildman–Crippen LogP) is 3.20. The van der Waals surface area contributed by atoms with Crippen LogP contribution in [-0.2, 0) is 11.2 Å². The van der Waals surface area contributed by atoms with E-state index < -0.39 is 0 Å². The second-order valence-corrected chi connectivity index (χ2v) is 6.24. The number of nitrogens with one attached hydrogen (secondary N) is 1. The topological polar surface area (TPSA) is 67.4 Å². The van der Waals surface area contributed by atoms with Crippen molar-refractivity contribution in [2.24, 2.45) is 0 Å². The fourth-order valence-corrected chi connectivity index (χ4v) is 3.27. The van der Waals surface area contributed by atoms with Crippen molar-refractivity contribution in [3.63, 3.8) is 0 Å². The number of fused-ring (bicyclic) bond motifs is 3. The number of ether oxygens (including phenoxy) is 1. The number of benzene rings is 2. The number of amides is 1. The van der Waals surface area contributed by atoms with Crippen molar-refractivity contribution in [3.8, 4) is 5.75 Å². The number of anilines is 2. The highest BCUT2D eigenvalue weighted by Crippen LogP contribution is 2.40. The van der Waals surface area contributed by atoms with Crippen LogP contribution in [0.3, 0.4) is 0 Å². The maximum atomic E-state index is 12.2. The van der Waals surface area contributed by atoms with E-state index in [2.05, 4.69) is 34.0 Å². The van der Waals surface area contributed by atoms with Crippen LogP contribution >= 0.6 is 0 Å². The van der Waals surface area contributed by atoms with Gasteiger partial charge in [0.25, 0.3) is 5.91 Å². The lowest BCUT2D eigenvalue weighted by Crippen LogP contribution is -2.36. The number of carbonyl (C=O) groups is 1. The molecular weight excluding hydrogens is 340 g/mol. The molecule has 0 fully saturated rings. The quantitative estimate of drug-likeness (QED) is 0.708. The summed E-state index contributed by atoms with van der Waals surface area (Å²) in [6.45, 7) is 5.23. The van der Waals surface area contributed by atoms with Gasteiger partial charge in [-0.25, -0.2) is 9.97 Å². The van der Waals surface area contributed by atoms with Crippen LogP contribution < -0.4 is 15.0 Å². The molecule has 0 saturated heterocycles. The number of hydrogen-bond acceptors (Lipinski definition) is 5. The van der Waals surface area contributed by atoms with Crippen molar-refractivity contribution in [2.75, 3.05) is 29.9 Å². The van der Waals surface area contributed by atoms with Crippen LogP contribution in [0, 0.1) is 0 Å². The van der Waals surface area contributed by atoms with E-state index in [4.69, 9.17) is 4.74 Å².